The van der Waals surface area contributed by atoms with Crippen LogP contribution in [0.25, 0.3) is 10.9 Å². The van der Waals surface area contributed by atoms with E-state index in [0.717, 1.165) is 5.39 Å². The van der Waals surface area contributed by atoms with Gasteiger partial charge in [0.05, 0.1) is 11.9 Å². The second-order valence-corrected chi connectivity index (χ2v) is 4.82. The van der Waals surface area contributed by atoms with Crippen molar-refractivity contribution in [1.29, 1.82) is 0 Å². The quantitative estimate of drug-likeness (QED) is 0.709. The van der Waals surface area contributed by atoms with E-state index in [0.29, 0.717) is 11.2 Å². The van der Waals surface area contributed by atoms with Crippen molar-refractivity contribution in [2.24, 2.45) is 0 Å². The van der Waals surface area contributed by atoms with E-state index < -0.39 is 11.7 Å². The summed E-state index contributed by atoms with van der Waals surface area (Å²) < 4.78 is 6.44. The number of carbonyl (C=O) groups excluding carboxylic acids is 1. The molecule has 17 heavy (non-hydrogen) atoms. The van der Waals surface area contributed by atoms with Crippen LogP contribution in [0.1, 0.15) is 20.8 Å². The molecule has 0 aliphatic heterocycles. The minimum Gasteiger partial charge on any atom is -0.442 e. The van der Waals surface area contributed by atoms with Crippen molar-refractivity contribution in [3.8, 4) is 0 Å². The molecule has 0 spiro atoms. The molecule has 0 fully saturated rings. The van der Waals surface area contributed by atoms with Crippen molar-refractivity contribution in [2.75, 3.05) is 5.73 Å². The Kier molecular flexibility index (Phi) is 2.53. The van der Waals surface area contributed by atoms with E-state index in [1.165, 1.54) is 4.68 Å². The second-order valence-electron chi connectivity index (χ2n) is 4.82. The highest BCUT2D eigenvalue weighted by Gasteiger charge is 2.20. The van der Waals surface area contributed by atoms with E-state index in [1.807, 2.05) is 12.1 Å². The van der Waals surface area contributed by atoms with Crippen LogP contribution in [0.2, 0.25) is 0 Å². The number of carbonyl (C=O) groups is 1. The molecule has 0 bridgehead atoms. The molecule has 0 aliphatic rings. The Balaban J connectivity index is 2.46. The highest BCUT2D eigenvalue weighted by atomic mass is 16.6. The number of hydrogen-bond acceptors (Lipinski definition) is 4. The van der Waals surface area contributed by atoms with Crippen LogP contribution in [0.3, 0.4) is 0 Å². The van der Waals surface area contributed by atoms with Crippen LogP contribution < -0.4 is 5.73 Å². The van der Waals surface area contributed by atoms with E-state index in [4.69, 9.17) is 10.5 Å². The molecule has 90 valence electrons. The fraction of sp³-hybridized carbons (Fsp3) is 0.333. The number of benzene rings is 1. The molecule has 1 heterocycles. The normalized spacial score (nSPS) is 11.7. The fourth-order valence-electron chi connectivity index (χ4n) is 1.55. The third kappa shape index (κ3) is 2.22. The zero-order chi connectivity index (χ0) is 12.6. The number of aromatic nitrogens is 2. The Hall–Kier alpha value is -2.04. The highest BCUT2D eigenvalue weighted by Crippen LogP contribution is 2.21. The number of para-hydroxylation sites is 1. The van der Waals surface area contributed by atoms with Crippen molar-refractivity contribution in [3.63, 3.8) is 0 Å². The summed E-state index contributed by atoms with van der Waals surface area (Å²) in [5.41, 5.74) is 6.37. The minimum absolute atomic E-state index is 0.505. The first-order chi connectivity index (χ1) is 7.88. The van der Waals surface area contributed by atoms with Crippen LogP contribution in [-0.2, 0) is 4.74 Å². The monoisotopic (exact) mass is 233 g/mol. The second kappa shape index (κ2) is 3.76. The van der Waals surface area contributed by atoms with Crippen LogP contribution in [0, 0.1) is 0 Å². The van der Waals surface area contributed by atoms with Crippen molar-refractivity contribution < 1.29 is 9.53 Å². The summed E-state index contributed by atoms with van der Waals surface area (Å²) in [5.74, 6) is 0. The van der Waals surface area contributed by atoms with Gasteiger partial charge in [0.1, 0.15) is 11.1 Å². The van der Waals surface area contributed by atoms with Gasteiger partial charge in [-0.2, -0.15) is 9.78 Å². The molecule has 0 aliphatic carbocycles. The molecule has 0 saturated heterocycles. The molecule has 0 amide bonds. The van der Waals surface area contributed by atoms with Gasteiger partial charge in [-0.15, -0.1) is 0 Å². The number of nitrogens with two attached hydrogens (primary N) is 1. The first-order valence-electron chi connectivity index (χ1n) is 5.34. The predicted molar refractivity (Wildman–Crippen MR) is 65.8 cm³/mol. The number of nitrogen functional groups attached to an aromatic ring is 1. The number of anilines is 1. The van der Waals surface area contributed by atoms with E-state index in [9.17, 15) is 4.79 Å². The molecule has 0 saturated carbocycles. The topological polar surface area (TPSA) is 70.1 Å². The number of rotatable bonds is 0. The summed E-state index contributed by atoms with van der Waals surface area (Å²) in [4.78, 5) is 11.9. The van der Waals surface area contributed by atoms with Gasteiger partial charge >= 0.3 is 6.09 Å². The summed E-state index contributed by atoms with van der Waals surface area (Å²) in [7, 11) is 0. The van der Waals surface area contributed by atoms with Crippen LogP contribution in [-0.4, -0.2) is 21.5 Å². The number of nitrogens with zero attached hydrogens (tertiary/aromatic N) is 2. The molecule has 0 radical (unpaired) electrons. The molecule has 1 aromatic carbocycles. The summed E-state index contributed by atoms with van der Waals surface area (Å²) in [6, 6.07) is 5.39. The van der Waals surface area contributed by atoms with E-state index in [1.54, 1.807) is 33.0 Å². The Morgan fingerprint density at radius 1 is 1.41 bits per heavy atom. The maximum Gasteiger partial charge on any atom is 0.435 e. The molecular weight excluding hydrogens is 218 g/mol. The molecule has 5 nitrogen and oxygen atoms in total. The lowest BCUT2D eigenvalue weighted by atomic mass is 10.2. The lowest BCUT2D eigenvalue weighted by Gasteiger charge is -2.19. The fourth-order valence-corrected chi connectivity index (χ4v) is 1.55. The molecular formula is C12H15N3O2. The molecule has 5 heteroatoms. The van der Waals surface area contributed by atoms with Crippen LogP contribution >= 0.6 is 0 Å². The van der Waals surface area contributed by atoms with Crippen molar-refractivity contribution in [1.82, 2.24) is 9.78 Å². The van der Waals surface area contributed by atoms with Gasteiger partial charge in [-0.25, -0.2) is 4.79 Å². The van der Waals surface area contributed by atoms with Gasteiger partial charge in [-0.3, -0.25) is 0 Å². The van der Waals surface area contributed by atoms with Gasteiger partial charge in [0.2, 0.25) is 0 Å². The Morgan fingerprint density at radius 3 is 2.76 bits per heavy atom. The van der Waals surface area contributed by atoms with Gasteiger partial charge < -0.3 is 10.5 Å². The molecule has 2 rings (SSSR count). The molecule has 2 aromatic rings. The third-order valence-electron chi connectivity index (χ3n) is 2.19. The van der Waals surface area contributed by atoms with Crippen molar-refractivity contribution >= 4 is 22.7 Å². The van der Waals surface area contributed by atoms with Gasteiger partial charge in [0, 0.05) is 5.39 Å². The van der Waals surface area contributed by atoms with Gasteiger partial charge in [-0.1, -0.05) is 12.1 Å². The summed E-state index contributed by atoms with van der Waals surface area (Å²) in [6.45, 7) is 5.42. The Labute approximate surface area is 99.2 Å². The van der Waals surface area contributed by atoms with E-state index in [2.05, 4.69) is 5.10 Å². The van der Waals surface area contributed by atoms with Gasteiger partial charge in [-0.05, 0) is 26.8 Å². The average Bonchev–Trinajstić information content (AvgIpc) is 2.60. The summed E-state index contributed by atoms with van der Waals surface area (Å²) in [5, 5.41) is 4.82. The Bertz CT molecular complexity index is 567. The highest BCUT2D eigenvalue weighted by molar-refractivity contribution is 5.95. The van der Waals surface area contributed by atoms with Crippen molar-refractivity contribution in [3.05, 3.63) is 24.4 Å². The predicted octanol–water partition coefficient (Wildman–Crippen LogP) is 2.40. The third-order valence-corrected chi connectivity index (χ3v) is 2.19. The summed E-state index contributed by atoms with van der Waals surface area (Å²) in [6.07, 6.45) is 1.07. The van der Waals surface area contributed by atoms with Gasteiger partial charge in [0.25, 0.3) is 0 Å². The van der Waals surface area contributed by atoms with Crippen molar-refractivity contribution in [2.45, 2.75) is 26.4 Å². The van der Waals surface area contributed by atoms with Crippen LogP contribution in [0.4, 0.5) is 10.5 Å². The number of ether oxygens (including phenoxy) is 1. The largest absolute Gasteiger partial charge is 0.442 e. The molecule has 0 unspecified atom stereocenters. The van der Waals surface area contributed by atoms with E-state index >= 15 is 0 Å². The van der Waals surface area contributed by atoms with E-state index in [-0.39, 0.29) is 0 Å². The summed E-state index contributed by atoms with van der Waals surface area (Å²) >= 11 is 0. The van der Waals surface area contributed by atoms with Crippen LogP contribution in [0.15, 0.2) is 24.4 Å². The molecule has 1 aromatic heterocycles. The first-order valence-corrected chi connectivity index (χ1v) is 5.34. The lowest BCUT2D eigenvalue weighted by Crippen LogP contribution is -2.27. The molecule has 0 atom stereocenters. The smallest absolute Gasteiger partial charge is 0.435 e. The molecule has 2 N–H and O–H groups in total. The number of fused-ring (bicyclic) bond motifs is 1. The number of hydrogen-bond donors (Lipinski definition) is 1. The standard InChI is InChI=1S/C12H15N3O2/c1-12(2,3)17-11(16)15-10-8(7-14-15)5-4-6-9(10)13/h4-7H,13H2,1-3H3. The lowest BCUT2D eigenvalue weighted by molar-refractivity contribution is 0.0523. The first kappa shape index (κ1) is 11.4. The van der Waals surface area contributed by atoms with Gasteiger partial charge in [0.15, 0.2) is 0 Å². The average molecular weight is 233 g/mol. The maximum atomic E-state index is 11.9. The SMILES string of the molecule is CC(C)(C)OC(=O)n1ncc2cccc(N)c21. The van der Waals surface area contributed by atoms with Crippen LogP contribution in [0.5, 0.6) is 0 Å². The Morgan fingerprint density at radius 2 is 2.12 bits per heavy atom. The zero-order valence-corrected chi connectivity index (χ0v) is 10.1. The zero-order valence-electron chi connectivity index (χ0n) is 10.1. The minimum atomic E-state index is -0.557. The maximum absolute atomic E-state index is 11.9.